The number of piperidine rings is 1. The van der Waals surface area contributed by atoms with Crippen LogP contribution < -0.4 is 58.2 Å². The number of Topliss-reactive ketones (excluding diaryl/α,β-unsaturated/α-hetero) is 1. The number of likely N-dealkylation sites (N-methyl/N-ethyl adjacent to an activating group) is 1. The lowest BCUT2D eigenvalue weighted by Gasteiger charge is -2.35. The number of aromatic nitrogens is 10. The number of piperazine rings is 2. The molecule has 5 aromatic carbocycles. The SMILES string of the molecule is CCCN1CCC(C(=O)c2cc(Nc3nccc(-c4ccc(Br)s4)n3)ccc2OC)CC1.CCCN1CCN(C(=O)c2ccc(Nc3nccc(-c4ccc(Br)s4)n3)cc2OC)CC1.CN(C)CCN1CCN(C(=O)c2ccc(Nc3nccc(-c4ccc(Br)s4)n3)cc2)CC1.NCCCCNC(=O)c1ccc(Nc2nccc(-c3ccc(Br)s3)n2)cc1.NCCNC(=O)c1ccc(Nc2nccc(-c3ccc(Br)s3)n2)cc1. The van der Waals surface area contributed by atoms with Gasteiger partial charge < -0.3 is 77.8 Å². The van der Waals surface area contributed by atoms with Crippen LogP contribution in [0.25, 0.3) is 52.9 Å². The number of ketones is 1. The van der Waals surface area contributed by atoms with Crippen LogP contribution in [0.4, 0.5) is 58.2 Å². The van der Waals surface area contributed by atoms with Crippen molar-refractivity contribution in [1.29, 1.82) is 0 Å². The third-order valence-electron chi connectivity index (χ3n) is 23.6. The van der Waals surface area contributed by atoms with Gasteiger partial charge in [0.05, 0.1) is 97.1 Å². The van der Waals surface area contributed by atoms with Crippen LogP contribution in [-0.2, 0) is 0 Å². The molecule has 42 heteroatoms. The smallest absolute Gasteiger partial charge is 0.257 e. The van der Waals surface area contributed by atoms with Crippen LogP contribution >= 0.6 is 136 Å². The van der Waals surface area contributed by atoms with Gasteiger partial charge >= 0.3 is 0 Å². The Hall–Kier alpha value is -11.7. The van der Waals surface area contributed by atoms with Crippen molar-refractivity contribution in [2.45, 2.75) is 52.4 Å². The highest BCUT2D eigenvalue weighted by molar-refractivity contribution is 9.12. The van der Waals surface area contributed by atoms with E-state index in [2.05, 4.69) is 214 Å². The van der Waals surface area contributed by atoms with Gasteiger partial charge in [-0.1, -0.05) is 13.8 Å². The zero-order valence-electron chi connectivity index (χ0n) is 82.6. The van der Waals surface area contributed by atoms with E-state index in [0.717, 1.165) is 230 Å². The first-order chi connectivity index (χ1) is 71.9. The number of methoxy groups -OCH3 is 2. The van der Waals surface area contributed by atoms with E-state index >= 15 is 0 Å². The Morgan fingerprint density at radius 2 is 0.703 bits per heavy atom. The van der Waals surface area contributed by atoms with Gasteiger partial charge in [0.2, 0.25) is 29.7 Å². The average Bonchev–Trinajstić information content (AvgIpc) is 0.921. The number of ether oxygens (including phenoxy) is 2. The minimum atomic E-state index is -0.140. The first-order valence-corrected chi connectivity index (χ1v) is 56.3. The number of hydrogen-bond acceptors (Lipinski definition) is 33. The van der Waals surface area contributed by atoms with Gasteiger partial charge in [0, 0.05) is 173 Å². The van der Waals surface area contributed by atoms with Crippen molar-refractivity contribution in [3.63, 3.8) is 0 Å². The standard InChI is InChI=1S/C24H27BrN4O2S.C23H27BrN6OS.C23H26BrN5O2S.C19H20BrN5OS.C17H16BrN5OS/c1-3-12-29-13-9-16(10-14-29)23(30)18-15-17(4-5-20(18)31-2)27-24-26-11-8-19(28-24)21-6-7-22(25)32-21;1-28(2)11-12-29-13-15-30(16-14-29)22(31)17-3-5-18(6-4-17)26-23-25-10-9-19(27-23)20-7-8-21(24)32-20;1-3-10-28-11-13-29(14-12-28)22(30)17-5-4-16(15-19(17)31-2)26-23-25-9-8-18(27-23)20-6-7-21(24)32-20;20-17-8-7-16(27-17)15-9-12-23-19(25-15)24-14-5-3-13(4-6-14)18(26)22-11-2-1-10-21;18-15-6-5-14(25-15)13-7-9-21-17(23-13)22-12-3-1-11(2-4-12)16(24)20-10-8-19/h4-8,11,15-16H,3,9-10,12-14H2,1-2H3,(H,26,27,28);3-10H,11-16H2,1-2H3,(H,25,26,27);4-9,15H,3,10-14H2,1-2H3,(H,25,26,27);3-9,12H,1-2,10-11,21H2,(H,22,26)(H,23,24,25);1-7,9H,8,10,19H2,(H,20,24)(H,21,22,23). The van der Waals surface area contributed by atoms with Gasteiger partial charge in [-0.2, -0.15) is 0 Å². The fraction of sp³-hybridized carbons (Fsp3) is 0.292. The molecule has 772 valence electrons. The van der Waals surface area contributed by atoms with E-state index in [-0.39, 0.29) is 35.3 Å². The molecule has 0 bridgehead atoms. The lowest BCUT2D eigenvalue weighted by Crippen LogP contribution is -2.49. The van der Waals surface area contributed by atoms with Gasteiger partial charge in [-0.25, -0.2) is 49.8 Å². The number of carbonyl (C=O) groups is 5. The summed E-state index contributed by atoms with van der Waals surface area (Å²) < 4.78 is 16.3. The van der Waals surface area contributed by atoms with Crippen molar-refractivity contribution in [3.05, 3.63) is 278 Å². The molecule has 0 atom stereocenters. The molecule has 13 heterocycles. The maximum absolute atomic E-state index is 13.3. The normalized spacial score (nSPS) is 13.2. The number of amides is 4. The number of likely N-dealkylation sites (tertiary alicyclic amines) is 1. The highest BCUT2D eigenvalue weighted by Gasteiger charge is 2.30. The molecule has 0 spiro atoms. The topological polar surface area (TPSA) is 388 Å². The Kier molecular flexibility index (Phi) is 43.4. The second-order valence-electron chi connectivity index (χ2n) is 34.4. The monoisotopic (exact) mass is 2410 g/mol. The van der Waals surface area contributed by atoms with Crippen LogP contribution in [-0.4, -0.2) is 255 Å². The summed E-state index contributed by atoms with van der Waals surface area (Å²) in [6, 6.07) is 62.5. The summed E-state index contributed by atoms with van der Waals surface area (Å²) >= 11 is 25.5. The molecule has 3 fully saturated rings. The van der Waals surface area contributed by atoms with Crippen molar-refractivity contribution in [2.75, 3.05) is 173 Å². The summed E-state index contributed by atoms with van der Waals surface area (Å²) in [6.07, 6.45) is 14.5. The number of benzene rings is 5. The van der Waals surface area contributed by atoms with Gasteiger partial charge in [0.1, 0.15) is 11.5 Å². The summed E-state index contributed by atoms with van der Waals surface area (Å²) in [5.74, 6) is 3.71. The first kappa shape index (κ1) is 112. The molecule has 0 unspecified atom stereocenters. The highest BCUT2D eigenvalue weighted by Crippen LogP contribution is 2.39. The molecule has 0 radical (unpaired) electrons. The Morgan fingerprint density at radius 1 is 0.365 bits per heavy atom. The summed E-state index contributed by atoms with van der Waals surface area (Å²) in [7, 11) is 7.36. The maximum atomic E-state index is 13.3. The quantitative estimate of drug-likeness (QED) is 0.0130. The van der Waals surface area contributed by atoms with Gasteiger partial charge in [0.15, 0.2) is 5.78 Å². The van der Waals surface area contributed by atoms with Crippen LogP contribution in [0.5, 0.6) is 11.5 Å². The van der Waals surface area contributed by atoms with Crippen molar-refractivity contribution < 1.29 is 33.4 Å². The largest absolute Gasteiger partial charge is 0.496 e. The number of thiophene rings is 5. The van der Waals surface area contributed by atoms with E-state index in [9.17, 15) is 24.0 Å². The van der Waals surface area contributed by atoms with Crippen LogP contribution in [0.15, 0.2) is 250 Å². The van der Waals surface area contributed by atoms with Crippen LogP contribution in [0.1, 0.15) is 104 Å². The molecule has 4 amide bonds. The Balaban J connectivity index is 0.000000146. The zero-order chi connectivity index (χ0) is 104. The minimum Gasteiger partial charge on any atom is -0.496 e. The number of nitrogens with one attached hydrogen (secondary N) is 7. The number of hydrogen-bond donors (Lipinski definition) is 9. The Labute approximate surface area is 923 Å². The molecule has 148 heavy (non-hydrogen) atoms. The predicted molar refractivity (Wildman–Crippen MR) is 616 cm³/mol. The van der Waals surface area contributed by atoms with E-state index < -0.39 is 0 Å². The number of carbonyl (C=O) groups excluding carboxylic acids is 5. The maximum Gasteiger partial charge on any atom is 0.257 e. The Bertz CT molecular complexity index is 6840. The molecule has 3 aliphatic heterocycles. The number of rotatable bonds is 36. The van der Waals surface area contributed by atoms with E-state index in [1.165, 1.54) is 0 Å². The number of anilines is 10. The molecular weight excluding hydrogens is 2300 g/mol. The summed E-state index contributed by atoms with van der Waals surface area (Å²) in [5, 5.41) is 21.6. The fourth-order valence-corrected chi connectivity index (χ4v) is 22.7. The van der Waals surface area contributed by atoms with Gasteiger partial charge in [-0.3, -0.25) is 33.8 Å². The summed E-state index contributed by atoms with van der Waals surface area (Å²) in [5.41, 5.74) is 22.2. The van der Waals surface area contributed by atoms with E-state index in [1.54, 1.807) is 126 Å². The highest BCUT2D eigenvalue weighted by atomic mass is 79.9. The molecular formula is C106H116Br5N25O7S5. The molecule has 10 aromatic heterocycles. The van der Waals surface area contributed by atoms with Crippen LogP contribution in [0.3, 0.4) is 0 Å². The molecule has 32 nitrogen and oxygen atoms in total. The van der Waals surface area contributed by atoms with E-state index in [0.29, 0.717) is 95.2 Å². The van der Waals surface area contributed by atoms with Crippen molar-refractivity contribution in [3.8, 4) is 64.4 Å². The second kappa shape index (κ2) is 57.3. The van der Waals surface area contributed by atoms with E-state index in [4.69, 9.17) is 20.9 Å². The second-order valence-corrected chi connectivity index (χ2v) is 46.7. The predicted octanol–water partition coefficient (Wildman–Crippen LogP) is 22.5. The molecule has 18 rings (SSSR count). The van der Waals surface area contributed by atoms with Gasteiger partial charge in [-0.05, 0) is 359 Å². The van der Waals surface area contributed by atoms with Crippen molar-refractivity contribution in [2.24, 2.45) is 17.4 Å². The molecule has 0 saturated carbocycles. The van der Waals surface area contributed by atoms with Gasteiger partial charge in [-0.15, -0.1) is 56.7 Å². The molecule has 3 saturated heterocycles. The summed E-state index contributed by atoms with van der Waals surface area (Å²) in [4.78, 5) is 126. The fourth-order valence-electron chi connectivity index (χ4n) is 15.9. The van der Waals surface area contributed by atoms with Crippen molar-refractivity contribution >= 4 is 224 Å². The van der Waals surface area contributed by atoms with Gasteiger partial charge in [0.25, 0.3) is 23.6 Å². The molecule has 15 aromatic rings. The third kappa shape index (κ3) is 33.7. The lowest BCUT2D eigenvalue weighted by molar-refractivity contribution is 0.0625. The lowest BCUT2D eigenvalue weighted by atomic mass is 9.88. The third-order valence-corrected chi connectivity index (χ3v) is 31.8. The minimum absolute atomic E-state index is 0.00562. The van der Waals surface area contributed by atoms with E-state index in [1.807, 2.05) is 186 Å². The molecule has 3 aliphatic rings. The van der Waals surface area contributed by atoms with Crippen LogP contribution in [0, 0.1) is 5.92 Å². The molecule has 0 aliphatic carbocycles. The van der Waals surface area contributed by atoms with Crippen LogP contribution in [0.2, 0.25) is 0 Å². The first-order valence-electron chi connectivity index (χ1n) is 48.3. The Morgan fingerprint density at radius 3 is 1.05 bits per heavy atom. The zero-order valence-corrected chi connectivity index (χ0v) is 94.6. The number of halogens is 5. The average molecular weight is 2410 g/mol. The molecule has 11 N–H and O–H groups in total. The number of unbranched alkanes of at least 4 members (excludes halogenated alkanes) is 1. The number of nitrogens with zero attached hydrogens (tertiary/aromatic N) is 16. The summed E-state index contributed by atoms with van der Waals surface area (Å²) in [6.45, 7) is 19.4. The van der Waals surface area contributed by atoms with Crippen molar-refractivity contribution in [1.82, 2.24) is 89.9 Å². The number of nitrogens with two attached hydrogens (primary N) is 2.